The summed E-state index contributed by atoms with van der Waals surface area (Å²) in [5.74, 6) is 0.103. The minimum atomic E-state index is -0.242. The van der Waals surface area contributed by atoms with Gasteiger partial charge < -0.3 is 15.0 Å². The van der Waals surface area contributed by atoms with Gasteiger partial charge in [-0.15, -0.1) is 0 Å². The van der Waals surface area contributed by atoms with Gasteiger partial charge in [0, 0.05) is 25.8 Å². The molecule has 0 atom stereocenters. The van der Waals surface area contributed by atoms with Crippen molar-refractivity contribution < 1.29 is 9.53 Å². The molecule has 1 aliphatic heterocycles. The van der Waals surface area contributed by atoms with Crippen LogP contribution in [0.25, 0.3) is 0 Å². The number of nitriles is 1. The van der Waals surface area contributed by atoms with E-state index in [4.69, 9.17) is 10.00 Å². The highest BCUT2D eigenvalue weighted by molar-refractivity contribution is 5.95. The minimum Gasteiger partial charge on any atom is -0.385 e. The summed E-state index contributed by atoms with van der Waals surface area (Å²) >= 11 is 0. The SMILES string of the molecule is CNC1(c2ccccc2)CCC2(CC1)CN(c1cnc(C#N)nc1)C(=O)N2CCCOC. The molecule has 1 saturated heterocycles. The van der Waals surface area contributed by atoms with Crippen LogP contribution < -0.4 is 10.2 Å². The fourth-order valence-corrected chi connectivity index (χ4v) is 5.23. The van der Waals surface area contributed by atoms with E-state index in [1.54, 1.807) is 24.4 Å². The van der Waals surface area contributed by atoms with Crippen LogP contribution >= 0.6 is 0 Å². The van der Waals surface area contributed by atoms with Crippen LogP contribution in [0, 0.1) is 11.3 Å². The topological polar surface area (TPSA) is 94.4 Å². The lowest BCUT2D eigenvalue weighted by Gasteiger charge is -2.48. The maximum Gasteiger partial charge on any atom is 0.325 e. The van der Waals surface area contributed by atoms with E-state index in [1.807, 2.05) is 24.1 Å². The van der Waals surface area contributed by atoms with Crippen LogP contribution in [0.1, 0.15) is 43.5 Å². The molecule has 2 fully saturated rings. The standard InChI is InChI=1S/C24H30N6O2/c1-26-24(19-7-4-3-5-8-19)11-9-23(10-12-24)18-29(20-16-27-21(15-25)28-17-20)22(31)30(23)13-6-14-32-2/h3-5,7-8,16-17,26H,6,9-14,18H2,1-2H3. The summed E-state index contributed by atoms with van der Waals surface area (Å²) < 4.78 is 5.25. The highest BCUT2D eigenvalue weighted by atomic mass is 16.5. The Morgan fingerprint density at radius 2 is 1.84 bits per heavy atom. The molecule has 0 bridgehead atoms. The second-order valence-corrected chi connectivity index (χ2v) is 8.67. The molecule has 2 aromatic rings. The van der Waals surface area contributed by atoms with Gasteiger partial charge in [0.25, 0.3) is 0 Å². The Labute approximate surface area is 189 Å². The van der Waals surface area contributed by atoms with Crippen molar-refractivity contribution in [3.63, 3.8) is 0 Å². The number of rotatable bonds is 7. The number of benzene rings is 1. The fraction of sp³-hybridized carbons (Fsp3) is 0.500. The smallest absolute Gasteiger partial charge is 0.325 e. The Kier molecular flexibility index (Phi) is 6.40. The van der Waals surface area contributed by atoms with Crippen LogP contribution in [0.15, 0.2) is 42.7 Å². The fourth-order valence-electron chi connectivity index (χ4n) is 5.23. The summed E-state index contributed by atoms with van der Waals surface area (Å²) in [6, 6.07) is 12.5. The number of hydrogen-bond donors (Lipinski definition) is 1. The van der Waals surface area contributed by atoms with Crippen molar-refractivity contribution in [2.75, 3.05) is 38.8 Å². The lowest BCUT2D eigenvalue weighted by molar-refractivity contribution is 0.0722. The van der Waals surface area contributed by atoms with Crippen LogP contribution in [0.2, 0.25) is 0 Å². The van der Waals surface area contributed by atoms with Crippen molar-refractivity contribution in [3.05, 3.63) is 54.1 Å². The second-order valence-electron chi connectivity index (χ2n) is 8.67. The van der Waals surface area contributed by atoms with Gasteiger partial charge in [-0.05, 0) is 44.7 Å². The molecule has 4 rings (SSSR count). The largest absolute Gasteiger partial charge is 0.385 e. The normalized spacial score (nSPS) is 25.3. The van der Waals surface area contributed by atoms with Crippen molar-refractivity contribution in [3.8, 4) is 6.07 Å². The van der Waals surface area contributed by atoms with Crippen molar-refractivity contribution in [1.29, 1.82) is 5.26 Å². The number of methoxy groups -OCH3 is 1. The minimum absolute atomic E-state index is 0.0221. The van der Waals surface area contributed by atoms with Crippen molar-refractivity contribution in [1.82, 2.24) is 20.2 Å². The molecule has 168 valence electrons. The van der Waals surface area contributed by atoms with E-state index >= 15 is 0 Å². The van der Waals surface area contributed by atoms with Gasteiger partial charge in [-0.3, -0.25) is 4.90 Å². The molecular weight excluding hydrogens is 404 g/mol. The predicted molar refractivity (Wildman–Crippen MR) is 121 cm³/mol. The Hall–Kier alpha value is -3.02. The first-order valence-electron chi connectivity index (χ1n) is 11.1. The number of aromatic nitrogens is 2. The van der Waals surface area contributed by atoms with E-state index in [-0.39, 0.29) is 22.9 Å². The zero-order valence-corrected chi connectivity index (χ0v) is 18.8. The number of carbonyl (C=O) groups excluding carboxylic acids is 1. The summed E-state index contributed by atoms with van der Waals surface area (Å²) in [6.45, 7) is 1.87. The maximum absolute atomic E-state index is 13.5. The molecule has 8 heteroatoms. The third kappa shape index (κ3) is 3.94. The van der Waals surface area contributed by atoms with Gasteiger partial charge in [-0.1, -0.05) is 30.3 Å². The molecule has 8 nitrogen and oxygen atoms in total. The quantitative estimate of drug-likeness (QED) is 0.673. The number of nitrogens with zero attached hydrogens (tertiary/aromatic N) is 5. The lowest BCUT2D eigenvalue weighted by atomic mass is 9.69. The molecule has 1 spiro atoms. The van der Waals surface area contributed by atoms with E-state index in [0.29, 0.717) is 25.4 Å². The Morgan fingerprint density at radius 3 is 2.44 bits per heavy atom. The molecule has 0 unspecified atom stereocenters. The first-order valence-corrected chi connectivity index (χ1v) is 11.1. The monoisotopic (exact) mass is 434 g/mol. The Morgan fingerprint density at radius 1 is 1.16 bits per heavy atom. The van der Waals surface area contributed by atoms with E-state index in [9.17, 15) is 4.79 Å². The lowest BCUT2D eigenvalue weighted by Crippen LogP contribution is -2.55. The van der Waals surface area contributed by atoms with Gasteiger partial charge in [-0.25, -0.2) is 14.8 Å². The molecule has 0 radical (unpaired) electrons. The van der Waals surface area contributed by atoms with Gasteiger partial charge in [0.2, 0.25) is 5.82 Å². The van der Waals surface area contributed by atoms with E-state index < -0.39 is 0 Å². The first-order chi connectivity index (χ1) is 15.6. The number of anilines is 1. The number of amides is 2. The number of urea groups is 1. The summed E-state index contributed by atoms with van der Waals surface area (Å²) in [7, 11) is 3.71. The third-order valence-electron chi connectivity index (χ3n) is 7.11. The molecule has 1 aliphatic carbocycles. The average Bonchev–Trinajstić information content (AvgIpc) is 3.12. The van der Waals surface area contributed by atoms with Crippen LogP contribution in [0.5, 0.6) is 0 Å². The summed E-state index contributed by atoms with van der Waals surface area (Å²) in [5.41, 5.74) is 1.60. The molecule has 32 heavy (non-hydrogen) atoms. The van der Waals surface area contributed by atoms with Gasteiger partial charge in [0.15, 0.2) is 0 Å². The van der Waals surface area contributed by atoms with E-state index in [2.05, 4.69) is 39.6 Å². The van der Waals surface area contributed by atoms with Crippen molar-refractivity contribution in [2.24, 2.45) is 0 Å². The molecule has 1 aromatic heterocycles. The van der Waals surface area contributed by atoms with E-state index in [1.165, 1.54) is 5.56 Å². The summed E-state index contributed by atoms with van der Waals surface area (Å²) in [6.07, 6.45) is 7.61. The van der Waals surface area contributed by atoms with Gasteiger partial charge >= 0.3 is 6.03 Å². The zero-order chi connectivity index (χ0) is 22.6. The van der Waals surface area contributed by atoms with Crippen LogP contribution in [0.3, 0.4) is 0 Å². The molecule has 2 heterocycles. The van der Waals surface area contributed by atoms with Crippen LogP contribution in [-0.2, 0) is 10.3 Å². The number of nitrogens with one attached hydrogen (secondary N) is 1. The van der Waals surface area contributed by atoms with Crippen LogP contribution in [0.4, 0.5) is 10.5 Å². The molecule has 2 amide bonds. The maximum atomic E-state index is 13.5. The van der Waals surface area contributed by atoms with Gasteiger partial charge in [0.1, 0.15) is 6.07 Å². The zero-order valence-electron chi connectivity index (χ0n) is 18.8. The third-order valence-corrected chi connectivity index (χ3v) is 7.11. The predicted octanol–water partition coefficient (Wildman–Crippen LogP) is 3.05. The van der Waals surface area contributed by atoms with E-state index in [0.717, 1.165) is 32.1 Å². The highest BCUT2D eigenvalue weighted by Gasteiger charge is 2.53. The average molecular weight is 435 g/mol. The second kappa shape index (κ2) is 9.23. The van der Waals surface area contributed by atoms with Crippen molar-refractivity contribution in [2.45, 2.75) is 43.2 Å². The Balaban J connectivity index is 1.60. The number of carbonyl (C=O) groups is 1. The summed E-state index contributed by atoms with van der Waals surface area (Å²) in [4.78, 5) is 25.5. The summed E-state index contributed by atoms with van der Waals surface area (Å²) in [5, 5.41) is 12.6. The molecule has 1 saturated carbocycles. The molecular formula is C24H30N6O2. The van der Waals surface area contributed by atoms with Gasteiger partial charge in [0.05, 0.1) is 30.2 Å². The molecule has 1 aromatic carbocycles. The molecule has 2 aliphatic rings. The Bertz CT molecular complexity index is 964. The first kappa shape index (κ1) is 22.2. The van der Waals surface area contributed by atoms with Crippen molar-refractivity contribution >= 4 is 11.7 Å². The molecule has 1 N–H and O–H groups in total. The van der Waals surface area contributed by atoms with Gasteiger partial charge in [-0.2, -0.15) is 5.26 Å². The number of ether oxygens (including phenoxy) is 1. The number of hydrogen-bond acceptors (Lipinski definition) is 6. The highest BCUT2D eigenvalue weighted by Crippen LogP contribution is 2.47. The van der Waals surface area contributed by atoms with Crippen LogP contribution in [-0.4, -0.2) is 60.3 Å².